The molecule has 9 heteroatoms. The smallest absolute Gasteiger partial charge is 0.277 e. The zero-order chi connectivity index (χ0) is 20.8. The number of nitrogens with zero attached hydrogens (tertiary/aromatic N) is 2. The lowest BCUT2D eigenvalue weighted by molar-refractivity contribution is -0.115. The lowest BCUT2D eigenvalue weighted by atomic mass is 10.2. The number of rotatable bonds is 8. The van der Waals surface area contributed by atoms with Crippen LogP contribution in [-0.2, 0) is 11.4 Å². The average Bonchev–Trinajstić information content (AvgIpc) is 3.14. The molecule has 0 aliphatic carbocycles. The summed E-state index contributed by atoms with van der Waals surface area (Å²) in [6.07, 6.45) is 0. The summed E-state index contributed by atoms with van der Waals surface area (Å²) < 4.78 is 11.2. The van der Waals surface area contributed by atoms with Crippen LogP contribution in [0.5, 0.6) is 5.75 Å². The second kappa shape index (κ2) is 9.24. The molecule has 2 aromatic carbocycles. The molecule has 0 saturated heterocycles. The lowest BCUT2D eigenvalue weighted by Crippen LogP contribution is -2.22. The third-order valence-electron chi connectivity index (χ3n) is 3.88. The summed E-state index contributed by atoms with van der Waals surface area (Å²) in [5.74, 6) is 0.277. The van der Waals surface area contributed by atoms with Gasteiger partial charge in [-0.15, -0.1) is 10.2 Å². The number of nitrogens with two attached hydrogens (primary N) is 1. The fourth-order valence-electron chi connectivity index (χ4n) is 2.36. The fourth-order valence-corrected chi connectivity index (χ4v) is 3.06. The van der Waals surface area contributed by atoms with Gasteiger partial charge in [0.1, 0.15) is 5.75 Å². The maximum absolute atomic E-state index is 12.3. The zero-order valence-corrected chi connectivity index (χ0v) is 16.7. The van der Waals surface area contributed by atoms with Crippen LogP contribution < -0.4 is 15.8 Å². The van der Waals surface area contributed by atoms with Gasteiger partial charge < -0.3 is 20.2 Å². The molecule has 1 heterocycles. The van der Waals surface area contributed by atoms with Gasteiger partial charge in [-0.25, -0.2) is 0 Å². The molecule has 0 aliphatic heterocycles. The van der Waals surface area contributed by atoms with Crippen LogP contribution in [0.2, 0.25) is 0 Å². The van der Waals surface area contributed by atoms with Gasteiger partial charge >= 0.3 is 0 Å². The number of aromatic nitrogens is 2. The first kappa shape index (κ1) is 20.4. The van der Waals surface area contributed by atoms with Crippen molar-refractivity contribution < 1.29 is 18.7 Å². The Bertz CT molecular complexity index is 1000. The van der Waals surface area contributed by atoms with Gasteiger partial charge in [-0.1, -0.05) is 23.9 Å². The van der Waals surface area contributed by atoms with E-state index in [1.54, 1.807) is 31.2 Å². The van der Waals surface area contributed by atoms with Gasteiger partial charge in [0, 0.05) is 11.3 Å². The van der Waals surface area contributed by atoms with Crippen molar-refractivity contribution in [3.63, 3.8) is 0 Å². The first-order chi connectivity index (χ1) is 13.9. The first-order valence-corrected chi connectivity index (χ1v) is 9.68. The van der Waals surface area contributed by atoms with E-state index in [9.17, 15) is 9.59 Å². The van der Waals surface area contributed by atoms with Crippen molar-refractivity contribution in [1.29, 1.82) is 0 Å². The van der Waals surface area contributed by atoms with Crippen molar-refractivity contribution in [1.82, 2.24) is 10.2 Å². The number of nitrogens with one attached hydrogen (secondary N) is 1. The van der Waals surface area contributed by atoms with Gasteiger partial charge in [-0.3, -0.25) is 9.59 Å². The molecule has 29 heavy (non-hydrogen) atoms. The van der Waals surface area contributed by atoms with E-state index >= 15 is 0 Å². The number of hydrogen-bond acceptors (Lipinski definition) is 7. The molecular weight excluding hydrogens is 392 g/mol. The summed E-state index contributed by atoms with van der Waals surface area (Å²) in [5.41, 5.74) is 7.22. The molecule has 2 amide bonds. The minimum absolute atomic E-state index is 0.143. The second-order valence-electron chi connectivity index (χ2n) is 6.26. The number of thioether (sulfide) groups is 1. The van der Waals surface area contributed by atoms with E-state index in [0.29, 0.717) is 22.9 Å². The number of hydrogen-bond donors (Lipinski definition) is 2. The van der Waals surface area contributed by atoms with Crippen LogP contribution in [0.15, 0.2) is 58.2 Å². The largest absolute Gasteiger partial charge is 0.484 e. The van der Waals surface area contributed by atoms with E-state index in [1.165, 1.54) is 0 Å². The topological polar surface area (TPSA) is 120 Å². The van der Waals surface area contributed by atoms with Crippen LogP contribution >= 0.6 is 11.8 Å². The van der Waals surface area contributed by atoms with E-state index in [1.807, 2.05) is 31.2 Å². The van der Waals surface area contributed by atoms with E-state index < -0.39 is 11.2 Å². The number of amides is 2. The Morgan fingerprint density at radius 2 is 1.97 bits per heavy atom. The number of primary amides is 1. The summed E-state index contributed by atoms with van der Waals surface area (Å²) in [6.45, 7) is 3.85. The van der Waals surface area contributed by atoms with Crippen LogP contribution in [0.3, 0.4) is 0 Å². The molecule has 3 N–H and O–H groups in total. The molecule has 1 aromatic heterocycles. The summed E-state index contributed by atoms with van der Waals surface area (Å²) in [5, 5.41) is 10.4. The van der Waals surface area contributed by atoms with Crippen molar-refractivity contribution in [2.24, 2.45) is 5.73 Å². The normalized spacial score (nSPS) is 11.7. The van der Waals surface area contributed by atoms with E-state index in [-0.39, 0.29) is 17.7 Å². The van der Waals surface area contributed by atoms with Gasteiger partial charge in [0.2, 0.25) is 11.8 Å². The van der Waals surface area contributed by atoms with E-state index in [2.05, 4.69) is 15.5 Å². The monoisotopic (exact) mass is 412 g/mol. The minimum Gasteiger partial charge on any atom is -0.484 e. The Labute approximate surface area is 171 Å². The predicted molar refractivity (Wildman–Crippen MR) is 109 cm³/mol. The average molecular weight is 412 g/mol. The zero-order valence-electron chi connectivity index (χ0n) is 15.9. The molecule has 0 bridgehead atoms. The summed E-state index contributed by atoms with van der Waals surface area (Å²) >= 11 is 1.14. The maximum atomic E-state index is 12.3. The third kappa shape index (κ3) is 5.82. The van der Waals surface area contributed by atoms with Crippen LogP contribution in [-0.4, -0.2) is 27.3 Å². The predicted octanol–water partition coefficient (Wildman–Crippen LogP) is 3.18. The van der Waals surface area contributed by atoms with Gasteiger partial charge in [-0.05, 0) is 55.8 Å². The molecule has 0 spiro atoms. The fraction of sp³-hybridized carbons (Fsp3) is 0.200. The van der Waals surface area contributed by atoms with Crippen LogP contribution in [0, 0.1) is 6.92 Å². The third-order valence-corrected chi connectivity index (χ3v) is 4.82. The molecule has 0 unspecified atom stereocenters. The Morgan fingerprint density at radius 3 is 2.66 bits per heavy atom. The number of ether oxygens (including phenoxy) is 1. The SMILES string of the molecule is Cc1cccc(OCc2nnc(S[C@H](C)C(=O)Nc3ccc(C(N)=O)cc3)o2)c1. The number of carbonyl (C=O) groups is 2. The summed E-state index contributed by atoms with van der Waals surface area (Å²) in [7, 11) is 0. The second-order valence-corrected chi connectivity index (χ2v) is 7.55. The van der Waals surface area contributed by atoms with Gasteiger partial charge in [0.05, 0.1) is 5.25 Å². The van der Waals surface area contributed by atoms with Crippen molar-refractivity contribution >= 4 is 29.3 Å². The highest BCUT2D eigenvalue weighted by molar-refractivity contribution is 8.00. The number of anilines is 1. The highest BCUT2D eigenvalue weighted by Gasteiger charge is 2.19. The molecule has 0 aliphatic rings. The quantitative estimate of drug-likeness (QED) is 0.545. The highest BCUT2D eigenvalue weighted by Crippen LogP contribution is 2.24. The molecule has 8 nitrogen and oxygen atoms in total. The molecular formula is C20H20N4O4S. The number of aryl methyl sites for hydroxylation is 1. The van der Waals surface area contributed by atoms with Gasteiger partial charge in [-0.2, -0.15) is 0 Å². The van der Waals surface area contributed by atoms with Crippen LogP contribution in [0.25, 0.3) is 0 Å². The Kier molecular flexibility index (Phi) is 6.50. The molecule has 0 fully saturated rings. The molecule has 0 saturated carbocycles. The summed E-state index contributed by atoms with van der Waals surface area (Å²) in [6, 6.07) is 14.0. The van der Waals surface area contributed by atoms with E-state index in [4.69, 9.17) is 14.9 Å². The van der Waals surface area contributed by atoms with E-state index in [0.717, 1.165) is 17.3 Å². The van der Waals surface area contributed by atoms with Crippen molar-refractivity contribution in [3.8, 4) is 5.75 Å². The van der Waals surface area contributed by atoms with Gasteiger partial charge in [0.15, 0.2) is 6.61 Å². The lowest BCUT2D eigenvalue weighted by Gasteiger charge is -2.10. The molecule has 1 atom stereocenters. The van der Waals surface area contributed by atoms with Gasteiger partial charge in [0.25, 0.3) is 11.1 Å². The molecule has 3 rings (SSSR count). The summed E-state index contributed by atoms with van der Waals surface area (Å²) in [4.78, 5) is 23.4. The highest BCUT2D eigenvalue weighted by atomic mass is 32.2. The van der Waals surface area contributed by atoms with Crippen LogP contribution in [0.1, 0.15) is 28.7 Å². The van der Waals surface area contributed by atoms with Crippen molar-refractivity contribution in [2.75, 3.05) is 5.32 Å². The molecule has 0 radical (unpaired) electrons. The Morgan fingerprint density at radius 1 is 1.21 bits per heavy atom. The van der Waals surface area contributed by atoms with Crippen molar-refractivity contribution in [2.45, 2.75) is 30.9 Å². The van der Waals surface area contributed by atoms with Crippen molar-refractivity contribution in [3.05, 3.63) is 65.5 Å². The molecule has 150 valence electrons. The van der Waals surface area contributed by atoms with Crippen LogP contribution in [0.4, 0.5) is 5.69 Å². The number of carbonyl (C=O) groups excluding carboxylic acids is 2. The standard InChI is InChI=1S/C20H20N4O4S/c1-12-4-3-5-16(10-12)27-11-17-23-24-20(28-17)29-13(2)19(26)22-15-8-6-14(7-9-15)18(21)25/h3-10,13H,11H2,1-2H3,(H2,21,25)(H,22,26)/t13-/m1/s1. The number of benzene rings is 2. The maximum Gasteiger partial charge on any atom is 0.277 e. The Hall–Kier alpha value is -3.33. The Balaban J connectivity index is 1.51. The molecule has 3 aromatic rings. The first-order valence-electron chi connectivity index (χ1n) is 8.80. The minimum atomic E-state index is -0.523.